The summed E-state index contributed by atoms with van der Waals surface area (Å²) in [4.78, 5) is 27.1. The normalized spacial score (nSPS) is 15.4. The molecule has 1 aliphatic rings. The molecule has 144 valence electrons. The van der Waals surface area contributed by atoms with Crippen LogP contribution in [0.4, 0.5) is 5.69 Å². The standard InChI is InChI=1S/C21H17BrClNO4/c1-12-19(21(26)28-3)16(10-13-5-4-6-14(22)9-13)20(25)24(12)15-7-8-18(27-2)17(23)11-15/h4-11H,1-3H3/b16-10-. The monoisotopic (exact) mass is 461 g/mol. The molecule has 0 aromatic heterocycles. The first-order valence-electron chi connectivity index (χ1n) is 8.32. The van der Waals surface area contributed by atoms with E-state index >= 15 is 0 Å². The highest BCUT2D eigenvalue weighted by atomic mass is 79.9. The van der Waals surface area contributed by atoms with Crippen molar-refractivity contribution >= 4 is 51.2 Å². The molecule has 1 heterocycles. The van der Waals surface area contributed by atoms with Gasteiger partial charge in [-0.05, 0) is 48.9 Å². The fourth-order valence-electron chi connectivity index (χ4n) is 3.05. The molecule has 2 aromatic carbocycles. The molecule has 5 nitrogen and oxygen atoms in total. The zero-order valence-corrected chi connectivity index (χ0v) is 17.8. The Labute approximate surface area is 176 Å². The minimum Gasteiger partial charge on any atom is -0.495 e. The van der Waals surface area contributed by atoms with Crippen molar-refractivity contribution in [2.75, 3.05) is 19.1 Å². The van der Waals surface area contributed by atoms with Crippen LogP contribution in [-0.4, -0.2) is 26.1 Å². The van der Waals surface area contributed by atoms with Gasteiger partial charge >= 0.3 is 5.97 Å². The first kappa shape index (κ1) is 20.2. The quantitative estimate of drug-likeness (QED) is 0.474. The van der Waals surface area contributed by atoms with Crippen LogP contribution in [0.2, 0.25) is 5.02 Å². The summed E-state index contributed by atoms with van der Waals surface area (Å²) >= 11 is 9.63. The van der Waals surface area contributed by atoms with Crippen LogP contribution in [0.5, 0.6) is 5.75 Å². The van der Waals surface area contributed by atoms with E-state index in [4.69, 9.17) is 21.1 Å². The zero-order valence-electron chi connectivity index (χ0n) is 15.5. The number of amides is 1. The number of hydrogen-bond donors (Lipinski definition) is 0. The van der Waals surface area contributed by atoms with Crippen LogP contribution >= 0.6 is 27.5 Å². The van der Waals surface area contributed by atoms with Gasteiger partial charge in [0.25, 0.3) is 5.91 Å². The van der Waals surface area contributed by atoms with E-state index < -0.39 is 5.97 Å². The van der Waals surface area contributed by atoms with Crippen molar-refractivity contribution in [1.29, 1.82) is 0 Å². The van der Waals surface area contributed by atoms with Crippen LogP contribution in [0.1, 0.15) is 12.5 Å². The molecule has 3 rings (SSSR count). The van der Waals surface area contributed by atoms with Crippen LogP contribution < -0.4 is 9.64 Å². The molecule has 1 amide bonds. The van der Waals surface area contributed by atoms with Gasteiger partial charge in [0.05, 0.1) is 36.1 Å². The number of halogens is 2. The molecule has 0 aliphatic carbocycles. The highest BCUT2D eigenvalue weighted by Gasteiger charge is 2.38. The summed E-state index contributed by atoms with van der Waals surface area (Å²) in [6.45, 7) is 1.70. The third-order valence-electron chi connectivity index (χ3n) is 4.34. The molecule has 0 unspecified atom stereocenters. The molecule has 0 spiro atoms. The van der Waals surface area contributed by atoms with Crippen LogP contribution in [0.3, 0.4) is 0 Å². The molecule has 7 heteroatoms. The predicted octanol–water partition coefficient (Wildman–Crippen LogP) is 4.99. The van der Waals surface area contributed by atoms with Crippen LogP contribution in [0.15, 0.2) is 63.8 Å². The van der Waals surface area contributed by atoms with E-state index in [1.165, 1.54) is 19.1 Å². The predicted molar refractivity (Wildman–Crippen MR) is 112 cm³/mol. The summed E-state index contributed by atoms with van der Waals surface area (Å²) in [6, 6.07) is 12.4. The number of benzene rings is 2. The van der Waals surface area contributed by atoms with Gasteiger partial charge in [0.2, 0.25) is 0 Å². The van der Waals surface area contributed by atoms with E-state index in [1.54, 1.807) is 31.2 Å². The van der Waals surface area contributed by atoms with Gasteiger partial charge in [-0.3, -0.25) is 9.69 Å². The van der Waals surface area contributed by atoms with E-state index in [0.717, 1.165) is 10.0 Å². The SMILES string of the molecule is COC(=O)C1=C(C)N(c2ccc(OC)c(Cl)c2)C(=O)/C1=C\c1cccc(Br)c1. The molecular weight excluding hydrogens is 446 g/mol. The minimum atomic E-state index is -0.575. The average molecular weight is 463 g/mol. The lowest BCUT2D eigenvalue weighted by molar-refractivity contribution is -0.136. The minimum absolute atomic E-state index is 0.222. The van der Waals surface area contributed by atoms with Gasteiger partial charge in [-0.2, -0.15) is 0 Å². The van der Waals surface area contributed by atoms with Crippen molar-refractivity contribution in [3.05, 3.63) is 74.4 Å². The number of nitrogens with zero attached hydrogens (tertiary/aromatic N) is 1. The van der Waals surface area contributed by atoms with Gasteiger partial charge in [0.1, 0.15) is 5.75 Å². The molecule has 0 atom stereocenters. The Kier molecular flexibility index (Phi) is 5.91. The van der Waals surface area contributed by atoms with Gasteiger partial charge in [0.15, 0.2) is 0 Å². The number of carbonyl (C=O) groups excluding carboxylic acids is 2. The summed E-state index contributed by atoms with van der Waals surface area (Å²) in [6.07, 6.45) is 1.67. The number of esters is 1. The van der Waals surface area contributed by atoms with E-state index in [-0.39, 0.29) is 17.1 Å². The summed E-state index contributed by atoms with van der Waals surface area (Å²) in [7, 11) is 2.80. The van der Waals surface area contributed by atoms with Crippen molar-refractivity contribution < 1.29 is 19.1 Å². The number of ether oxygens (including phenoxy) is 2. The number of methoxy groups -OCH3 is 2. The lowest BCUT2D eigenvalue weighted by Crippen LogP contribution is -2.24. The molecule has 0 saturated carbocycles. The number of hydrogen-bond acceptors (Lipinski definition) is 4. The number of anilines is 1. The Morgan fingerprint density at radius 3 is 2.54 bits per heavy atom. The van der Waals surface area contributed by atoms with Crippen LogP contribution in [0, 0.1) is 0 Å². The lowest BCUT2D eigenvalue weighted by Gasteiger charge is -2.19. The van der Waals surface area contributed by atoms with E-state index in [0.29, 0.717) is 22.2 Å². The molecule has 2 aromatic rings. The number of carbonyl (C=O) groups is 2. The van der Waals surface area contributed by atoms with Crippen molar-refractivity contribution in [2.24, 2.45) is 0 Å². The third-order valence-corrected chi connectivity index (χ3v) is 5.13. The molecule has 0 radical (unpaired) electrons. The van der Waals surface area contributed by atoms with Crippen molar-refractivity contribution in [3.63, 3.8) is 0 Å². The van der Waals surface area contributed by atoms with Crippen molar-refractivity contribution in [1.82, 2.24) is 0 Å². The Hall–Kier alpha value is -2.57. The maximum atomic E-state index is 13.2. The largest absolute Gasteiger partial charge is 0.495 e. The molecule has 0 saturated heterocycles. The Balaban J connectivity index is 2.14. The second-order valence-corrected chi connectivity index (χ2v) is 7.35. The number of allylic oxidation sites excluding steroid dienone is 1. The molecule has 0 bridgehead atoms. The fourth-order valence-corrected chi connectivity index (χ4v) is 3.72. The second kappa shape index (κ2) is 8.20. The van der Waals surface area contributed by atoms with Crippen molar-refractivity contribution in [3.8, 4) is 5.75 Å². The van der Waals surface area contributed by atoms with Gasteiger partial charge in [0, 0.05) is 10.2 Å². The van der Waals surface area contributed by atoms with Crippen LogP contribution in [0.25, 0.3) is 6.08 Å². The Bertz CT molecular complexity index is 1030. The van der Waals surface area contributed by atoms with Gasteiger partial charge in [-0.25, -0.2) is 4.79 Å². The van der Waals surface area contributed by atoms with Gasteiger partial charge in [-0.1, -0.05) is 39.7 Å². The van der Waals surface area contributed by atoms with E-state index in [2.05, 4.69) is 15.9 Å². The van der Waals surface area contributed by atoms with Crippen molar-refractivity contribution in [2.45, 2.75) is 6.92 Å². The summed E-state index contributed by atoms with van der Waals surface area (Å²) in [5.41, 5.74) is 2.27. The third kappa shape index (κ3) is 3.70. The molecule has 28 heavy (non-hydrogen) atoms. The molecule has 0 N–H and O–H groups in total. The summed E-state index contributed by atoms with van der Waals surface area (Å²) in [5, 5.41) is 0.365. The molecule has 1 aliphatic heterocycles. The maximum Gasteiger partial charge on any atom is 0.340 e. The second-order valence-electron chi connectivity index (χ2n) is 6.02. The maximum absolute atomic E-state index is 13.2. The summed E-state index contributed by atoms with van der Waals surface area (Å²) in [5.74, 6) is -0.412. The first-order chi connectivity index (χ1) is 13.4. The van der Waals surface area contributed by atoms with Crippen LogP contribution in [-0.2, 0) is 14.3 Å². The molecule has 0 fully saturated rings. The van der Waals surface area contributed by atoms with Gasteiger partial charge < -0.3 is 9.47 Å². The zero-order chi connectivity index (χ0) is 20.4. The molecular formula is C21H17BrClNO4. The smallest absolute Gasteiger partial charge is 0.340 e. The van der Waals surface area contributed by atoms with E-state index in [9.17, 15) is 9.59 Å². The van der Waals surface area contributed by atoms with E-state index in [1.807, 2.05) is 24.3 Å². The van der Waals surface area contributed by atoms with Gasteiger partial charge in [-0.15, -0.1) is 0 Å². The summed E-state index contributed by atoms with van der Waals surface area (Å²) < 4.78 is 11.0. The fraction of sp³-hybridized carbons (Fsp3) is 0.143. The average Bonchev–Trinajstić information content (AvgIpc) is 2.91. The lowest BCUT2D eigenvalue weighted by atomic mass is 10.0. The number of rotatable bonds is 4. The highest BCUT2D eigenvalue weighted by Crippen LogP contribution is 2.38. The Morgan fingerprint density at radius 2 is 1.93 bits per heavy atom. The first-order valence-corrected chi connectivity index (χ1v) is 9.49. The highest BCUT2D eigenvalue weighted by molar-refractivity contribution is 9.10. The topological polar surface area (TPSA) is 55.8 Å². The Morgan fingerprint density at radius 1 is 1.18 bits per heavy atom.